The Labute approximate surface area is 114 Å². The Hall–Kier alpha value is -1.26. The van der Waals surface area contributed by atoms with Crippen LogP contribution in [0.5, 0.6) is 0 Å². The Morgan fingerprint density at radius 1 is 1.21 bits per heavy atom. The number of hydrogen-bond acceptors (Lipinski definition) is 2. The molecule has 0 spiro atoms. The van der Waals surface area contributed by atoms with Crippen LogP contribution in [0.2, 0.25) is 0 Å². The third kappa shape index (κ3) is 4.73. The van der Waals surface area contributed by atoms with E-state index < -0.39 is 12.0 Å². The van der Waals surface area contributed by atoms with Crippen molar-refractivity contribution in [3.63, 3.8) is 0 Å². The number of urea groups is 1. The van der Waals surface area contributed by atoms with E-state index in [9.17, 15) is 9.59 Å². The van der Waals surface area contributed by atoms with Crippen molar-refractivity contribution in [1.82, 2.24) is 10.2 Å². The highest BCUT2D eigenvalue weighted by molar-refractivity contribution is 5.82. The van der Waals surface area contributed by atoms with Crippen LogP contribution < -0.4 is 5.32 Å². The molecule has 0 heterocycles. The van der Waals surface area contributed by atoms with Crippen molar-refractivity contribution >= 4 is 12.0 Å². The number of nitrogens with zero attached hydrogens (tertiary/aromatic N) is 1. The number of carboxylic acid groups (broad SMARTS) is 1. The highest BCUT2D eigenvalue weighted by atomic mass is 16.4. The van der Waals surface area contributed by atoms with E-state index in [0.717, 1.165) is 19.5 Å². The zero-order valence-corrected chi connectivity index (χ0v) is 11.6. The predicted molar refractivity (Wildman–Crippen MR) is 71.9 cm³/mol. The van der Waals surface area contributed by atoms with E-state index in [1.807, 2.05) is 11.8 Å². The topological polar surface area (TPSA) is 69.6 Å². The molecule has 2 N–H and O–H groups in total. The summed E-state index contributed by atoms with van der Waals surface area (Å²) < 4.78 is 0. The second-order valence-corrected chi connectivity index (χ2v) is 5.92. The van der Waals surface area contributed by atoms with Gasteiger partial charge in [0, 0.05) is 13.1 Å². The summed E-state index contributed by atoms with van der Waals surface area (Å²) in [7, 11) is 0. The molecule has 0 radical (unpaired) electrons. The number of carbonyl (C=O) groups excluding carboxylic acids is 1. The minimum Gasteiger partial charge on any atom is -0.480 e. The van der Waals surface area contributed by atoms with Gasteiger partial charge in [0.25, 0.3) is 0 Å². The van der Waals surface area contributed by atoms with Crippen LogP contribution in [0.25, 0.3) is 0 Å². The van der Waals surface area contributed by atoms with Gasteiger partial charge in [-0.1, -0.05) is 13.3 Å². The summed E-state index contributed by atoms with van der Waals surface area (Å²) in [4.78, 5) is 25.1. The first-order valence-electron chi connectivity index (χ1n) is 7.38. The van der Waals surface area contributed by atoms with Gasteiger partial charge in [-0.2, -0.15) is 0 Å². The molecule has 2 rings (SSSR count). The Kier molecular flexibility index (Phi) is 4.66. The third-order valence-electron chi connectivity index (χ3n) is 3.81. The molecule has 0 aromatic heterocycles. The SMILES string of the molecule is CCCC(NC(=O)N(CC1CC1)CC1CC1)C(=O)O. The summed E-state index contributed by atoms with van der Waals surface area (Å²) in [5.41, 5.74) is 0. The van der Waals surface area contributed by atoms with Crippen molar-refractivity contribution in [2.45, 2.75) is 51.5 Å². The summed E-state index contributed by atoms with van der Waals surface area (Å²) in [6.07, 6.45) is 6.04. The first-order chi connectivity index (χ1) is 9.10. The van der Waals surface area contributed by atoms with Gasteiger partial charge >= 0.3 is 12.0 Å². The molecule has 0 aromatic carbocycles. The van der Waals surface area contributed by atoms with Gasteiger partial charge in [0.15, 0.2) is 0 Å². The van der Waals surface area contributed by atoms with Crippen LogP contribution in [0.3, 0.4) is 0 Å². The number of hydrogen-bond donors (Lipinski definition) is 2. The quantitative estimate of drug-likeness (QED) is 0.708. The second kappa shape index (κ2) is 6.26. The first kappa shape index (κ1) is 14.2. The molecular weight excluding hydrogens is 244 g/mol. The molecule has 108 valence electrons. The van der Waals surface area contributed by atoms with Crippen molar-refractivity contribution < 1.29 is 14.7 Å². The number of nitrogens with one attached hydrogen (secondary N) is 1. The van der Waals surface area contributed by atoms with E-state index in [4.69, 9.17) is 5.11 Å². The molecule has 2 fully saturated rings. The maximum atomic E-state index is 12.2. The molecule has 0 saturated heterocycles. The van der Waals surface area contributed by atoms with E-state index in [-0.39, 0.29) is 6.03 Å². The fraction of sp³-hybridized carbons (Fsp3) is 0.857. The van der Waals surface area contributed by atoms with Gasteiger partial charge in [-0.3, -0.25) is 0 Å². The van der Waals surface area contributed by atoms with Crippen molar-refractivity contribution in [2.24, 2.45) is 11.8 Å². The fourth-order valence-electron chi connectivity index (χ4n) is 2.25. The highest BCUT2D eigenvalue weighted by Gasteiger charge is 2.32. The lowest BCUT2D eigenvalue weighted by Gasteiger charge is -2.25. The maximum absolute atomic E-state index is 12.2. The van der Waals surface area contributed by atoms with Crippen LogP contribution >= 0.6 is 0 Å². The van der Waals surface area contributed by atoms with Gasteiger partial charge in [0.2, 0.25) is 0 Å². The summed E-state index contributed by atoms with van der Waals surface area (Å²) in [6, 6.07) is -0.946. The summed E-state index contributed by atoms with van der Waals surface area (Å²) in [6.45, 7) is 3.51. The average molecular weight is 268 g/mol. The van der Waals surface area contributed by atoms with Crippen LogP contribution in [0, 0.1) is 11.8 Å². The molecule has 0 aliphatic heterocycles. The van der Waals surface area contributed by atoms with E-state index >= 15 is 0 Å². The van der Waals surface area contributed by atoms with Gasteiger partial charge < -0.3 is 15.3 Å². The molecular formula is C14H24N2O3. The van der Waals surface area contributed by atoms with Crippen LogP contribution in [0.15, 0.2) is 0 Å². The number of carboxylic acids is 1. The molecule has 19 heavy (non-hydrogen) atoms. The molecule has 0 bridgehead atoms. The number of amides is 2. The van der Waals surface area contributed by atoms with Crippen molar-refractivity contribution in [2.75, 3.05) is 13.1 Å². The molecule has 1 atom stereocenters. The largest absolute Gasteiger partial charge is 0.480 e. The average Bonchev–Trinajstić information content (AvgIpc) is 3.22. The number of rotatable bonds is 8. The lowest BCUT2D eigenvalue weighted by atomic mass is 10.2. The first-order valence-corrected chi connectivity index (χ1v) is 7.38. The van der Waals surface area contributed by atoms with E-state index in [2.05, 4.69) is 5.32 Å². The second-order valence-electron chi connectivity index (χ2n) is 5.92. The molecule has 2 aliphatic rings. The van der Waals surface area contributed by atoms with Crippen LogP contribution in [-0.2, 0) is 4.79 Å². The molecule has 1 unspecified atom stereocenters. The summed E-state index contributed by atoms with van der Waals surface area (Å²) in [5, 5.41) is 11.8. The van der Waals surface area contributed by atoms with E-state index in [1.54, 1.807) is 0 Å². The standard InChI is InChI=1S/C14H24N2O3/c1-2-3-12(13(17)18)15-14(19)16(8-10-4-5-10)9-11-6-7-11/h10-12H,2-9H2,1H3,(H,15,19)(H,17,18). The Bertz CT molecular complexity index is 324. The summed E-state index contributed by atoms with van der Waals surface area (Å²) >= 11 is 0. The summed E-state index contributed by atoms with van der Waals surface area (Å²) in [5.74, 6) is 0.339. The third-order valence-corrected chi connectivity index (χ3v) is 3.81. The Morgan fingerprint density at radius 2 is 1.74 bits per heavy atom. The lowest BCUT2D eigenvalue weighted by Crippen LogP contribution is -2.49. The zero-order valence-electron chi connectivity index (χ0n) is 11.6. The normalized spacial score (nSPS) is 19.8. The smallest absolute Gasteiger partial charge is 0.326 e. The van der Waals surface area contributed by atoms with Crippen molar-refractivity contribution in [3.05, 3.63) is 0 Å². The molecule has 2 aliphatic carbocycles. The number of aliphatic carboxylic acids is 1. The minimum absolute atomic E-state index is 0.195. The van der Waals surface area contributed by atoms with Gasteiger partial charge in [0.05, 0.1) is 0 Å². The molecule has 5 nitrogen and oxygen atoms in total. The lowest BCUT2D eigenvalue weighted by molar-refractivity contribution is -0.139. The Balaban J connectivity index is 1.86. The van der Waals surface area contributed by atoms with Gasteiger partial charge in [-0.25, -0.2) is 9.59 Å². The van der Waals surface area contributed by atoms with Crippen LogP contribution in [-0.4, -0.2) is 41.1 Å². The highest BCUT2D eigenvalue weighted by Crippen LogP contribution is 2.33. The Morgan fingerprint density at radius 3 is 2.11 bits per heavy atom. The zero-order chi connectivity index (χ0) is 13.8. The van der Waals surface area contributed by atoms with Crippen LogP contribution in [0.4, 0.5) is 4.79 Å². The van der Waals surface area contributed by atoms with Crippen LogP contribution in [0.1, 0.15) is 45.4 Å². The van der Waals surface area contributed by atoms with Gasteiger partial charge in [-0.05, 0) is 43.9 Å². The van der Waals surface area contributed by atoms with Crippen molar-refractivity contribution in [1.29, 1.82) is 0 Å². The molecule has 2 saturated carbocycles. The van der Waals surface area contributed by atoms with E-state index in [1.165, 1.54) is 25.7 Å². The minimum atomic E-state index is -0.937. The van der Waals surface area contributed by atoms with Crippen molar-refractivity contribution in [3.8, 4) is 0 Å². The predicted octanol–water partition coefficient (Wildman–Crippen LogP) is 2.07. The van der Waals surface area contributed by atoms with Gasteiger partial charge in [-0.15, -0.1) is 0 Å². The molecule has 2 amide bonds. The monoisotopic (exact) mass is 268 g/mol. The molecule has 5 heteroatoms. The maximum Gasteiger partial charge on any atom is 0.326 e. The van der Waals surface area contributed by atoms with Gasteiger partial charge in [0.1, 0.15) is 6.04 Å². The molecule has 0 aromatic rings. The number of carbonyl (C=O) groups is 2. The fourth-order valence-corrected chi connectivity index (χ4v) is 2.25. The van der Waals surface area contributed by atoms with E-state index in [0.29, 0.717) is 18.3 Å².